The third-order valence-corrected chi connectivity index (χ3v) is 4.78. The molecule has 0 bridgehead atoms. The lowest BCUT2D eigenvalue weighted by molar-refractivity contribution is -0.152. The van der Waals surface area contributed by atoms with E-state index in [0.29, 0.717) is 25.1 Å². The van der Waals surface area contributed by atoms with Gasteiger partial charge in [0.25, 0.3) is 0 Å². The molecule has 0 radical (unpaired) electrons. The molecule has 1 aromatic carbocycles. The van der Waals surface area contributed by atoms with Gasteiger partial charge in [-0.3, -0.25) is 14.6 Å². The maximum atomic E-state index is 12.1. The number of nitrogens with one attached hydrogen (secondary N) is 3. The Hall–Kier alpha value is -3.42. The largest absolute Gasteiger partial charge is 0.481 e. The van der Waals surface area contributed by atoms with Crippen molar-refractivity contribution in [3.05, 3.63) is 59.9 Å². The molecular formula is C20H22N4O4. The smallest absolute Gasteiger partial charge is 0.319 e. The number of hydrogen-bond donors (Lipinski definition) is 4. The first-order valence-corrected chi connectivity index (χ1v) is 9.06. The molecule has 2 aromatic rings. The van der Waals surface area contributed by atoms with Gasteiger partial charge in [-0.2, -0.15) is 0 Å². The van der Waals surface area contributed by atoms with Gasteiger partial charge in [0.15, 0.2) is 0 Å². The van der Waals surface area contributed by atoms with E-state index >= 15 is 0 Å². The molecule has 146 valence electrons. The van der Waals surface area contributed by atoms with E-state index in [4.69, 9.17) is 5.11 Å². The molecule has 3 rings (SSSR count). The summed E-state index contributed by atoms with van der Waals surface area (Å²) in [5, 5.41) is 17.3. The van der Waals surface area contributed by atoms with E-state index in [0.717, 1.165) is 11.1 Å². The molecule has 3 amide bonds. The van der Waals surface area contributed by atoms with Gasteiger partial charge < -0.3 is 21.1 Å². The Labute approximate surface area is 162 Å². The molecule has 1 aliphatic carbocycles. The average Bonchev–Trinajstić information content (AvgIpc) is 2.64. The Morgan fingerprint density at radius 1 is 0.964 bits per heavy atom. The van der Waals surface area contributed by atoms with Crippen LogP contribution in [0.4, 0.5) is 10.5 Å². The normalized spacial score (nSPS) is 17.9. The summed E-state index contributed by atoms with van der Waals surface area (Å²) >= 11 is 0. The zero-order valence-electron chi connectivity index (χ0n) is 15.2. The highest BCUT2D eigenvalue weighted by Gasteiger charge is 2.41. The minimum absolute atomic E-state index is 0.243. The van der Waals surface area contributed by atoms with E-state index in [2.05, 4.69) is 20.9 Å². The highest BCUT2D eigenvalue weighted by atomic mass is 16.4. The molecule has 4 N–H and O–H groups in total. The molecule has 1 fully saturated rings. The lowest BCUT2D eigenvalue weighted by Gasteiger charge is -2.31. The van der Waals surface area contributed by atoms with Crippen molar-refractivity contribution in [1.29, 1.82) is 0 Å². The number of carboxylic acid groups (broad SMARTS) is 1. The van der Waals surface area contributed by atoms with E-state index in [1.54, 1.807) is 30.6 Å². The molecule has 28 heavy (non-hydrogen) atoms. The topological polar surface area (TPSA) is 120 Å². The number of rotatable bonds is 7. The van der Waals surface area contributed by atoms with Crippen LogP contribution in [0.25, 0.3) is 0 Å². The van der Waals surface area contributed by atoms with E-state index < -0.39 is 17.8 Å². The predicted molar refractivity (Wildman–Crippen MR) is 102 cm³/mol. The van der Waals surface area contributed by atoms with Gasteiger partial charge in [0.05, 0.1) is 11.8 Å². The zero-order chi connectivity index (χ0) is 19.9. The molecule has 8 heteroatoms. The molecule has 1 saturated carbocycles. The number of benzene rings is 1. The second-order valence-electron chi connectivity index (χ2n) is 6.71. The van der Waals surface area contributed by atoms with Crippen LogP contribution >= 0.6 is 0 Å². The van der Waals surface area contributed by atoms with E-state index in [-0.39, 0.29) is 18.5 Å². The van der Waals surface area contributed by atoms with Gasteiger partial charge in [-0.1, -0.05) is 12.1 Å². The first-order chi connectivity index (χ1) is 13.5. The van der Waals surface area contributed by atoms with E-state index in [1.807, 2.05) is 18.2 Å². The van der Waals surface area contributed by atoms with Crippen LogP contribution in [0.2, 0.25) is 0 Å². The first kappa shape index (κ1) is 19.3. The summed E-state index contributed by atoms with van der Waals surface area (Å²) in [6.07, 6.45) is 4.47. The number of aliphatic carboxylic acids is 1. The third kappa shape index (κ3) is 5.06. The number of aromatic nitrogens is 1. The second kappa shape index (κ2) is 8.98. The van der Waals surface area contributed by atoms with Gasteiger partial charge in [-0.25, -0.2) is 4.79 Å². The van der Waals surface area contributed by atoms with Crippen molar-refractivity contribution in [3.63, 3.8) is 0 Å². The lowest BCUT2D eigenvalue weighted by atomic mass is 9.73. The Morgan fingerprint density at radius 3 is 2.36 bits per heavy atom. The van der Waals surface area contributed by atoms with Crippen LogP contribution in [-0.2, 0) is 22.7 Å². The van der Waals surface area contributed by atoms with Crippen LogP contribution in [0.1, 0.15) is 24.0 Å². The Bertz CT molecular complexity index is 856. The summed E-state index contributed by atoms with van der Waals surface area (Å²) in [7, 11) is 0. The number of pyridine rings is 1. The van der Waals surface area contributed by atoms with Crippen LogP contribution in [0.3, 0.4) is 0 Å². The molecule has 1 aromatic heterocycles. The van der Waals surface area contributed by atoms with E-state index in [9.17, 15) is 14.4 Å². The summed E-state index contributed by atoms with van der Waals surface area (Å²) in [5.74, 6) is -2.21. The molecule has 8 nitrogen and oxygen atoms in total. The van der Waals surface area contributed by atoms with Crippen molar-refractivity contribution in [2.45, 2.75) is 25.9 Å². The van der Waals surface area contributed by atoms with Crippen LogP contribution in [0.5, 0.6) is 0 Å². The molecular weight excluding hydrogens is 360 g/mol. The van der Waals surface area contributed by atoms with Gasteiger partial charge in [-0.05, 0) is 48.2 Å². The summed E-state index contributed by atoms with van der Waals surface area (Å²) < 4.78 is 0. The monoisotopic (exact) mass is 382 g/mol. The number of carboxylic acids is 1. The fourth-order valence-electron chi connectivity index (χ4n) is 3.05. The number of carbonyl (C=O) groups is 3. The van der Waals surface area contributed by atoms with Crippen molar-refractivity contribution in [1.82, 2.24) is 15.6 Å². The van der Waals surface area contributed by atoms with E-state index in [1.165, 1.54) is 0 Å². The van der Waals surface area contributed by atoms with Crippen LogP contribution in [-0.4, -0.2) is 28.0 Å². The van der Waals surface area contributed by atoms with Crippen LogP contribution in [0.15, 0.2) is 48.8 Å². The lowest BCUT2D eigenvalue weighted by Crippen LogP contribution is -2.43. The minimum Gasteiger partial charge on any atom is -0.481 e. The number of nitrogens with zero attached hydrogens (tertiary/aromatic N) is 1. The molecule has 1 heterocycles. The number of amides is 3. The summed E-state index contributed by atoms with van der Waals surface area (Å²) in [5.41, 5.74) is 2.36. The third-order valence-electron chi connectivity index (χ3n) is 4.78. The molecule has 1 aliphatic rings. The minimum atomic E-state index is -0.921. The fourth-order valence-corrected chi connectivity index (χ4v) is 3.05. The molecule has 2 atom stereocenters. The van der Waals surface area contributed by atoms with Gasteiger partial charge in [-0.15, -0.1) is 0 Å². The maximum Gasteiger partial charge on any atom is 0.319 e. The standard InChI is InChI=1S/C20H22N4O4/c25-18(16-4-5-17(16)19(26)27)22-12-14-2-1-3-15(10-14)24-20(28)23-11-13-6-8-21-9-7-13/h1-3,6-10,16-17H,4-5,11-12H2,(H,22,25)(H,26,27)(H2,23,24,28). The number of urea groups is 1. The van der Waals surface area contributed by atoms with Crippen molar-refractivity contribution >= 4 is 23.6 Å². The second-order valence-corrected chi connectivity index (χ2v) is 6.71. The molecule has 0 aliphatic heterocycles. The van der Waals surface area contributed by atoms with Crippen LogP contribution < -0.4 is 16.0 Å². The van der Waals surface area contributed by atoms with Crippen molar-refractivity contribution in [3.8, 4) is 0 Å². The van der Waals surface area contributed by atoms with Gasteiger partial charge in [0, 0.05) is 31.2 Å². The average molecular weight is 382 g/mol. The highest BCUT2D eigenvalue weighted by Crippen LogP contribution is 2.34. The quantitative estimate of drug-likeness (QED) is 0.585. The Morgan fingerprint density at radius 2 is 1.68 bits per heavy atom. The van der Waals surface area contributed by atoms with Crippen molar-refractivity contribution < 1.29 is 19.5 Å². The predicted octanol–water partition coefficient (Wildman–Crippen LogP) is 2.13. The number of hydrogen-bond acceptors (Lipinski definition) is 4. The molecule has 2 unspecified atom stereocenters. The summed E-state index contributed by atoms with van der Waals surface area (Å²) in [4.78, 5) is 39.1. The van der Waals surface area contributed by atoms with Crippen molar-refractivity contribution in [2.24, 2.45) is 11.8 Å². The molecule has 0 saturated heterocycles. The first-order valence-electron chi connectivity index (χ1n) is 9.06. The van der Waals surface area contributed by atoms with Gasteiger partial charge >= 0.3 is 12.0 Å². The maximum absolute atomic E-state index is 12.1. The Kier molecular flexibility index (Phi) is 6.21. The van der Waals surface area contributed by atoms with Crippen molar-refractivity contribution in [2.75, 3.05) is 5.32 Å². The number of carbonyl (C=O) groups excluding carboxylic acids is 2. The molecule has 0 spiro atoms. The number of anilines is 1. The van der Waals surface area contributed by atoms with Gasteiger partial charge in [0.1, 0.15) is 0 Å². The van der Waals surface area contributed by atoms with Crippen LogP contribution in [0, 0.1) is 11.8 Å². The zero-order valence-corrected chi connectivity index (χ0v) is 15.2. The SMILES string of the molecule is O=C(NCc1ccncc1)Nc1cccc(CNC(=O)C2CCC2C(=O)O)c1. The summed E-state index contributed by atoms with van der Waals surface area (Å²) in [6.45, 7) is 0.659. The summed E-state index contributed by atoms with van der Waals surface area (Å²) in [6, 6.07) is 10.4. The Balaban J connectivity index is 1.47. The fraction of sp³-hybridized carbons (Fsp3) is 0.300. The van der Waals surface area contributed by atoms with Gasteiger partial charge in [0.2, 0.25) is 5.91 Å². The highest BCUT2D eigenvalue weighted by molar-refractivity contribution is 5.89.